The van der Waals surface area contributed by atoms with Crippen molar-refractivity contribution in [3.63, 3.8) is 0 Å². The zero-order valence-corrected chi connectivity index (χ0v) is 24.0. The fraction of sp³-hybridized carbons (Fsp3) is 0.147. The summed E-state index contributed by atoms with van der Waals surface area (Å²) in [5.74, 6) is -0.200. The number of aromatic nitrogens is 2. The molecule has 0 atom stereocenters. The van der Waals surface area contributed by atoms with Crippen LogP contribution in [0.25, 0.3) is 16.9 Å². The van der Waals surface area contributed by atoms with Crippen molar-refractivity contribution >= 4 is 29.4 Å². The third kappa shape index (κ3) is 6.73. The lowest BCUT2D eigenvalue weighted by molar-refractivity contribution is -0.117. The zero-order valence-electron chi connectivity index (χ0n) is 23.3. The first kappa shape index (κ1) is 27.9. The lowest BCUT2D eigenvalue weighted by Crippen LogP contribution is -2.38. The van der Waals surface area contributed by atoms with E-state index >= 15 is 0 Å². The normalized spacial score (nSPS) is 10.8. The quantitative estimate of drug-likeness (QED) is 0.214. The number of carbonyl (C=O) groups is 2. The minimum absolute atomic E-state index is 0.141. The highest BCUT2D eigenvalue weighted by atomic mass is 35.5. The van der Waals surface area contributed by atoms with E-state index in [1.165, 1.54) is 5.56 Å². The largest absolute Gasteiger partial charge is 0.325 e. The highest BCUT2D eigenvalue weighted by Gasteiger charge is 2.21. The Kier molecular flexibility index (Phi) is 8.31. The molecular formula is C34H31ClN4O2. The van der Waals surface area contributed by atoms with Gasteiger partial charge in [-0.05, 0) is 73.9 Å². The lowest BCUT2D eigenvalue weighted by atomic mass is 10.1. The van der Waals surface area contributed by atoms with Gasteiger partial charge in [-0.3, -0.25) is 19.5 Å². The molecule has 0 saturated heterocycles. The van der Waals surface area contributed by atoms with E-state index in [1.807, 2.05) is 103 Å². The van der Waals surface area contributed by atoms with Crippen molar-refractivity contribution in [2.24, 2.45) is 0 Å². The average Bonchev–Trinajstić information content (AvgIpc) is 3.38. The Bertz CT molecular complexity index is 1680. The van der Waals surface area contributed by atoms with E-state index in [4.69, 9.17) is 16.6 Å². The molecule has 4 aromatic carbocycles. The SMILES string of the molecule is Cc1ccc(C(=O)N(CC(=O)Nc2nc(-c3ccc(Cl)cc3)cn2-c2ccc(C)c(C)c2)Cc2ccccc2)cc1. The summed E-state index contributed by atoms with van der Waals surface area (Å²) in [7, 11) is 0. The van der Waals surface area contributed by atoms with E-state index in [9.17, 15) is 9.59 Å². The van der Waals surface area contributed by atoms with E-state index < -0.39 is 0 Å². The van der Waals surface area contributed by atoms with Gasteiger partial charge in [0.15, 0.2) is 0 Å². The number of carbonyl (C=O) groups excluding carboxylic acids is 2. The monoisotopic (exact) mass is 562 g/mol. The van der Waals surface area contributed by atoms with Crippen LogP contribution in [0.3, 0.4) is 0 Å². The molecule has 6 nitrogen and oxygen atoms in total. The van der Waals surface area contributed by atoms with Crippen LogP contribution in [0, 0.1) is 20.8 Å². The summed E-state index contributed by atoms with van der Waals surface area (Å²) in [5.41, 5.74) is 7.24. The van der Waals surface area contributed by atoms with E-state index in [2.05, 4.69) is 18.3 Å². The van der Waals surface area contributed by atoms with E-state index in [-0.39, 0.29) is 18.4 Å². The third-order valence-electron chi connectivity index (χ3n) is 7.00. The summed E-state index contributed by atoms with van der Waals surface area (Å²) in [5, 5.41) is 3.60. The molecule has 5 aromatic rings. The Morgan fingerprint density at radius 3 is 2.24 bits per heavy atom. The standard InChI is InChI=1S/C34H31ClN4O2/c1-23-9-12-28(13-10-23)33(41)38(20-26-7-5-4-6-8-26)22-32(40)37-34-36-31(27-14-16-29(35)17-15-27)21-39(34)30-18-11-24(2)25(3)19-30/h4-19,21H,20,22H2,1-3H3,(H,36,37,40). The van der Waals surface area contributed by atoms with Gasteiger partial charge in [-0.25, -0.2) is 4.98 Å². The summed E-state index contributed by atoms with van der Waals surface area (Å²) in [4.78, 5) is 33.4. The number of aryl methyl sites for hydroxylation is 3. The minimum atomic E-state index is -0.347. The van der Waals surface area contributed by atoms with E-state index in [1.54, 1.807) is 17.0 Å². The highest BCUT2D eigenvalue weighted by Crippen LogP contribution is 2.26. The second-order valence-corrected chi connectivity index (χ2v) is 10.6. The van der Waals surface area contributed by atoms with Crippen LogP contribution in [-0.4, -0.2) is 32.8 Å². The van der Waals surface area contributed by atoms with Gasteiger partial charge in [0.25, 0.3) is 5.91 Å². The Hall–Kier alpha value is -4.68. The molecule has 0 aliphatic carbocycles. The number of nitrogens with zero attached hydrogens (tertiary/aromatic N) is 3. The third-order valence-corrected chi connectivity index (χ3v) is 7.25. The number of nitrogens with one attached hydrogen (secondary N) is 1. The molecule has 0 bridgehead atoms. The van der Waals surface area contributed by atoms with Gasteiger partial charge in [0, 0.05) is 34.6 Å². The van der Waals surface area contributed by atoms with Crippen LogP contribution in [0.1, 0.15) is 32.6 Å². The van der Waals surface area contributed by atoms with Gasteiger partial charge >= 0.3 is 0 Å². The molecule has 206 valence electrons. The molecule has 1 heterocycles. The predicted molar refractivity (Wildman–Crippen MR) is 164 cm³/mol. The number of hydrogen-bond acceptors (Lipinski definition) is 3. The van der Waals surface area contributed by atoms with Crippen molar-refractivity contribution in [1.29, 1.82) is 0 Å². The summed E-state index contributed by atoms with van der Waals surface area (Å²) >= 11 is 6.10. The van der Waals surface area contributed by atoms with Crippen molar-refractivity contribution in [2.45, 2.75) is 27.3 Å². The maximum Gasteiger partial charge on any atom is 0.254 e. The number of amides is 2. The maximum atomic E-state index is 13.5. The average molecular weight is 563 g/mol. The summed E-state index contributed by atoms with van der Waals surface area (Å²) in [6, 6.07) is 30.5. The first-order valence-corrected chi connectivity index (χ1v) is 13.8. The fourth-order valence-corrected chi connectivity index (χ4v) is 4.65. The van der Waals surface area contributed by atoms with E-state index in [0.717, 1.165) is 27.9 Å². The van der Waals surface area contributed by atoms with Crippen LogP contribution in [-0.2, 0) is 11.3 Å². The van der Waals surface area contributed by atoms with Crippen LogP contribution in [0.15, 0.2) is 103 Å². The summed E-state index contributed by atoms with van der Waals surface area (Å²) < 4.78 is 1.86. The molecule has 2 amide bonds. The summed E-state index contributed by atoms with van der Waals surface area (Å²) in [6.45, 7) is 6.23. The van der Waals surface area contributed by atoms with Crippen LogP contribution in [0.5, 0.6) is 0 Å². The van der Waals surface area contributed by atoms with Crippen LogP contribution in [0.2, 0.25) is 5.02 Å². The molecule has 7 heteroatoms. The Labute approximate surface area is 245 Å². The minimum Gasteiger partial charge on any atom is -0.325 e. The summed E-state index contributed by atoms with van der Waals surface area (Å²) in [6.07, 6.45) is 1.89. The van der Waals surface area contributed by atoms with Gasteiger partial charge < -0.3 is 4.90 Å². The van der Waals surface area contributed by atoms with E-state index in [0.29, 0.717) is 28.8 Å². The van der Waals surface area contributed by atoms with Gasteiger partial charge in [-0.1, -0.05) is 77.8 Å². The molecule has 0 unspecified atom stereocenters. The fourth-order valence-electron chi connectivity index (χ4n) is 4.52. The topological polar surface area (TPSA) is 67.2 Å². The van der Waals surface area contributed by atoms with Gasteiger partial charge in [-0.2, -0.15) is 0 Å². The molecule has 1 N–H and O–H groups in total. The second-order valence-electron chi connectivity index (χ2n) is 10.2. The van der Waals surface area contributed by atoms with Crippen molar-refractivity contribution < 1.29 is 9.59 Å². The molecule has 0 fully saturated rings. The number of hydrogen-bond donors (Lipinski definition) is 1. The number of benzene rings is 4. The Balaban J connectivity index is 1.45. The lowest BCUT2D eigenvalue weighted by Gasteiger charge is -2.23. The number of imidazole rings is 1. The highest BCUT2D eigenvalue weighted by molar-refractivity contribution is 6.30. The van der Waals surface area contributed by atoms with Crippen LogP contribution < -0.4 is 5.32 Å². The Morgan fingerprint density at radius 2 is 1.56 bits per heavy atom. The molecule has 0 saturated carbocycles. The van der Waals surface area contributed by atoms with Crippen LogP contribution >= 0.6 is 11.6 Å². The van der Waals surface area contributed by atoms with Crippen molar-refractivity contribution in [3.8, 4) is 16.9 Å². The number of anilines is 1. The number of halogens is 1. The molecule has 0 aliphatic heterocycles. The first-order chi connectivity index (χ1) is 19.8. The molecule has 0 radical (unpaired) electrons. The van der Waals surface area contributed by atoms with Gasteiger partial charge in [0.2, 0.25) is 11.9 Å². The second kappa shape index (κ2) is 12.2. The van der Waals surface area contributed by atoms with Crippen molar-refractivity contribution in [3.05, 3.63) is 136 Å². The molecule has 41 heavy (non-hydrogen) atoms. The molecular weight excluding hydrogens is 532 g/mol. The number of rotatable bonds is 8. The Morgan fingerprint density at radius 1 is 0.854 bits per heavy atom. The first-order valence-electron chi connectivity index (χ1n) is 13.4. The maximum absolute atomic E-state index is 13.5. The zero-order chi connectivity index (χ0) is 28.9. The molecule has 0 aliphatic rings. The van der Waals surface area contributed by atoms with Gasteiger partial charge in [0.05, 0.1) is 5.69 Å². The molecule has 5 rings (SSSR count). The van der Waals surface area contributed by atoms with Gasteiger partial charge in [0.1, 0.15) is 6.54 Å². The van der Waals surface area contributed by atoms with Gasteiger partial charge in [-0.15, -0.1) is 0 Å². The molecule has 1 aromatic heterocycles. The molecule has 0 spiro atoms. The van der Waals surface area contributed by atoms with Crippen molar-refractivity contribution in [2.75, 3.05) is 11.9 Å². The van der Waals surface area contributed by atoms with Crippen LogP contribution in [0.4, 0.5) is 5.95 Å². The predicted octanol–water partition coefficient (Wildman–Crippen LogP) is 7.40. The smallest absolute Gasteiger partial charge is 0.254 e. The van der Waals surface area contributed by atoms with Crippen molar-refractivity contribution in [1.82, 2.24) is 14.5 Å².